The van der Waals surface area contributed by atoms with Crippen LogP contribution in [0.4, 0.5) is 0 Å². The summed E-state index contributed by atoms with van der Waals surface area (Å²) in [6.07, 6.45) is 22.6. The Morgan fingerprint density at radius 1 is 0.380 bits per heavy atom. The quantitative estimate of drug-likeness (QED) is 0.0613. The maximum absolute atomic E-state index is 8.18. The minimum absolute atomic E-state index is 0.00940. The Bertz CT molecular complexity index is 718. The van der Waals surface area contributed by atoms with E-state index in [-0.39, 0.29) is 30.7 Å². The Hall–Kier alpha value is 2.20. The molecule has 0 spiro atoms. The van der Waals surface area contributed by atoms with Gasteiger partial charge in [0.15, 0.2) is 0 Å². The van der Waals surface area contributed by atoms with Crippen LogP contribution >= 0.6 is 0 Å². The van der Waals surface area contributed by atoms with Crippen molar-refractivity contribution in [2.75, 3.05) is 6.61 Å². The average molecular weight is 1030 g/mol. The number of ether oxygens (including phenoxy) is 2. The van der Waals surface area contributed by atoms with Crippen molar-refractivity contribution in [1.82, 2.24) is 0 Å². The van der Waals surface area contributed by atoms with Crippen LogP contribution in [0.3, 0.4) is 0 Å². The SMILES string of the molecule is CCC[CH2][Sn]([CH2]CCC)([CH2]CCC)[O][C@H]1[C@@H]([O][Sn]([CH2]CCC)([CH2]CCC)[CH2]CCC)[C@H]2CO[C@H](O2)[C@@H]1[O][Sn]([CH2]CCC)([CH2]CCC)[CH2]CCC. The summed E-state index contributed by atoms with van der Waals surface area (Å²) in [4.78, 5) is 0. The number of fused-ring (bicyclic) bond motifs is 2. The summed E-state index contributed by atoms with van der Waals surface area (Å²) in [5.41, 5.74) is 0. The van der Waals surface area contributed by atoms with Gasteiger partial charge in [-0.25, -0.2) is 0 Å². The van der Waals surface area contributed by atoms with Crippen molar-refractivity contribution >= 4 is 56.4 Å². The molecular weight excluding hydrogens is 941 g/mol. The van der Waals surface area contributed by atoms with Crippen LogP contribution < -0.4 is 0 Å². The van der Waals surface area contributed by atoms with E-state index in [2.05, 4.69) is 62.3 Å². The second-order valence-corrected chi connectivity index (χ2v) is 51.7. The predicted molar refractivity (Wildman–Crippen MR) is 224 cm³/mol. The van der Waals surface area contributed by atoms with Crippen molar-refractivity contribution < 1.29 is 18.7 Å². The van der Waals surface area contributed by atoms with Gasteiger partial charge < -0.3 is 0 Å². The first kappa shape index (κ1) is 48.3. The fourth-order valence-corrected chi connectivity index (χ4v) is 51.1. The van der Waals surface area contributed by atoms with Crippen molar-refractivity contribution in [3.63, 3.8) is 0 Å². The molecule has 5 nitrogen and oxygen atoms in total. The first-order valence-corrected chi connectivity index (χ1v) is 44.3. The van der Waals surface area contributed by atoms with Crippen LogP contribution in [-0.2, 0) is 18.7 Å². The molecule has 0 radical (unpaired) electrons. The van der Waals surface area contributed by atoms with Crippen LogP contribution in [0.25, 0.3) is 0 Å². The third-order valence-corrected chi connectivity index (χ3v) is 51.1. The molecule has 2 fully saturated rings. The van der Waals surface area contributed by atoms with Gasteiger partial charge in [-0.1, -0.05) is 0 Å². The zero-order valence-corrected chi connectivity index (χ0v) is 43.8. The molecule has 0 aliphatic carbocycles. The van der Waals surface area contributed by atoms with Gasteiger partial charge in [0.05, 0.1) is 0 Å². The van der Waals surface area contributed by atoms with Gasteiger partial charge in [-0.05, 0) is 0 Å². The third kappa shape index (κ3) is 16.0. The molecular formula is C42H88O5Sn3. The first-order valence-electron chi connectivity index (χ1n) is 22.6. The molecule has 8 heteroatoms. The second kappa shape index (κ2) is 27.7. The molecule has 0 aromatic heterocycles. The van der Waals surface area contributed by atoms with Gasteiger partial charge in [0.25, 0.3) is 0 Å². The van der Waals surface area contributed by atoms with Gasteiger partial charge >= 0.3 is 330 Å². The molecule has 2 aliphatic heterocycles. The van der Waals surface area contributed by atoms with Crippen molar-refractivity contribution in [3.8, 4) is 0 Å². The van der Waals surface area contributed by atoms with Gasteiger partial charge in [-0.15, -0.1) is 0 Å². The summed E-state index contributed by atoms with van der Waals surface area (Å²) in [5.74, 6) is 0. The molecule has 5 atom stereocenters. The Balaban J connectivity index is 2.77. The molecule has 2 bridgehead atoms. The molecule has 298 valence electrons. The van der Waals surface area contributed by atoms with E-state index in [0.717, 1.165) is 0 Å². The van der Waals surface area contributed by atoms with E-state index in [4.69, 9.17) is 18.7 Å². The van der Waals surface area contributed by atoms with Gasteiger partial charge in [-0.2, -0.15) is 0 Å². The van der Waals surface area contributed by atoms with Crippen molar-refractivity contribution in [3.05, 3.63) is 0 Å². The van der Waals surface area contributed by atoms with Gasteiger partial charge in [0, 0.05) is 0 Å². The number of unbranched alkanes of at least 4 members (excludes halogenated alkanes) is 9. The zero-order valence-electron chi connectivity index (χ0n) is 35.2. The van der Waals surface area contributed by atoms with Gasteiger partial charge in [-0.3, -0.25) is 0 Å². The van der Waals surface area contributed by atoms with E-state index >= 15 is 0 Å². The zero-order chi connectivity index (χ0) is 36.7. The molecule has 0 amide bonds. The standard InChI is InChI=1S/C6H7O5.9C4H9.3Sn/c7-3-2-1-10-6(11-2)5(9)4(3)8;9*1-3-4-2;;;/h2-6H,1H2;9*1,3-4H2,2H3;;;/q-3;;;;;;;;;;3*+1/t2-,3+,4+,5-,6-;;;;;;;;;;;;/m1............/s1. The molecule has 2 heterocycles. The first-order chi connectivity index (χ1) is 24.3. The Morgan fingerprint density at radius 2 is 0.640 bits per heavy atom. The van der Waals surface area contributed by atoms with Crippen molar-refractivity contribution in [2.24, 2.45) is 0 Å². The van der Waals surface area contributed by atoms with Crippen LogP contribution in [0, 0.1) is 0 Å². The maximum atomic E-state index is 8.18. The van der Waals surface area contributed by atoms with E-state index in [1.165, 1.54) is 156 Å². The molecule has 2 aliphatic rings. The van der Waals surface area contributed by atoms with Crippen LogP contribution in [0.2, 0.25) is 39.9 Å². The molecule has 0 aromatic carbocycles. The molecule has 50 heavy (non-hydrogen) atoms. The van der Waals surface area contributed by atoms with Crippen LogP contribution in [0.1, 0.15) is 178 Å². The number of hydrogen-bond donors (Lipinski definition) is 0. The van der Waals surface area contributed by atoms with E-state index < -0.39 is 56.4 Å². The molecule has 0 saturated carbocycles. The predicted octanol–water partition coefficient (Wildman–Crippen LogP) is 13.9. The molecule has 0 unspecified atom stereocenters. The van der Waals surface area contributed by atoms with E-state index in [9.17, 15) is 0 Å². The summed E-state index contributed by atoms with van der Waals surface area (Å²) in [7, 11) is 0. The minimum atomic E-state index is -3.09. The number of rotatable bonds is 33. The summed E-state index contributed by atoms with van der Waals surface area (Å²) < 4.78 is 50.0. The van der Waals surface area contributed by atoms with Crippen molar-refractivity contribution in [1.29, 1.82) is 0 Å². The fourth-order valence-electron chi connectivity index (χ4n) is 8.75. The monoisotopic (exact) mass is 1030 g/mol. The summed E-state index contributed by atoms with van der Waals surface area (Å²) in [6, 6.07) is 0. The van der Waals surface area contributed by atoms with E-state index in [1.807, 2.05) is 0 Å². The van der Waals surface area contributed by atoms with Crippen molar-refractivity contribution in [2.45, 2.75) is 249 Å². The Morgan fingerprint density at radius 3 is 0.920 bits per heavy atom. The Kier molecular flexibility index (Phi) is 26.8. The van der Waals surface area contributed by atoms with Gasteiger partial charge in [0.2, 0.25) is 0 Å². The topological polar surface area (TPSA) is 46.2 Å². The summed E-state index contributed by atoms with van der Waals surface area (Å²) in [5, 5.41) is 0. The molecule has 0 aromatic rings. The normalized spacial score (nSPS) is 22.9. The van der Waals surface area contributed by atoms with Gasteiger partial charge in [0.1, 0.15) is 0 Å². The molecule has 2 rings (SSSR count). The molecule has 2 saturated heterocycles. The second-order valence-electron chi connectivity index (χ2n) is 16.6. The molecule has 0 N–H and O–H groups in total. The van der Waals surface area contributed by atoms with E-state index in [0.29, 0.717) is 6.61 Å². The van der Waals surface area contributed by atoms with E-state index in [1.54, 1.807) is 0 Å². The number of hydrogen-bond acceptors (Lipinski definition) is 5. The summed E-state index contributed by atoms with van der Waals surface area (Å²) in [6.45, 7) is 22.0. The Labute approximate surface area is 327 Å². The average Bonchev–Trinajstić information content (AvgIpc) is 3.59. The third-order valence-electron chi connectivity index (χ3n) is 12.0. The fraction of sp³-hybridized carbons (Fsp3) is 1.00. The van der Waals surface area contributed by atoms with Crippen LogP contribution in [0.5, 0.6) is 0 Å². The summed E-state index contributed by atoms with van der Waals surface area (Å²) >= 11 is -9.22. The van der Waals surface area contributed by atoms with Crippen LogP contribution in [0.15, 0.2) is 0 Å². The van der Waals surface area contributed by atoms with Crippen LogP contribution in [-0.4, -0.2) is 93.7 Å².